The van der Waals surface area contributed by atoms with E-state index in [-0.39, 0.29) is 0 Å². The summed E-state index contributed by atoms with van der Waals surface area (Å²) in [5.74, 6) is 2.68. The Kier molecular flexibility index (Phi) is 4.42. The summed E-state index contributed by atoms with van der Waals surface area (Å²) in [7, 11) is 0. The molecular weight excluding hydrogens is 258 g/mol. The van der Waals surface area contributed by atoms with Gasteiger partial charge >= 0.3 is 0 Å². The molecule has 90 valence electrons. The van der Waals surface area contributed by atoms with Crippen LogP contribution in [-0.4, -0.2) is 22.4 Å². The van der Waals surface area contributed by atoms with E-state index >= 15 is 0 Å². The molecule has 0 radical (unpaired) electrons. The summed E-state index contributed by atoms with van der Waals surface area (Å²) in [6.45, 7) is 0.649. The Hall–Kier alpha value is -1.04. The maximum Gasteiger partial charge on any atom is 0.236 e. The molecule has 0 saturated heterocycles. The standard InChI is InChI=1S/C11H12ClN3OS/c12-9-4-2-1-3-8(9)11-14-10(16-15-11)7-17-6-5-13/h1-4H,5-7,13H2. The van der Waals surface area contributed by atoms with Crippen LogP contribution >= 0.6 is 23.4 Å². The molecule has 1 heterocycles. The van der Waals surface area contributed by atoms with Gasteiger partial charge in [0.2, 0.25) is 11.7 Å². The van der Waals surface area contributed by atoms with E-state index in [9.17, 15) is 0 Å². The van der Waals surface area contributed by atoms with Gasteiger partial charge in [0.15, 0.2) is 0 Å². The molecule has 0 aliphatic carbocycles. The van der Waals surface area contributed by atoms with Crippen LogP contribution in [0.3, 0.4) is 0 Å². The normalized spacial score (nSPS) is 10.7. The molecular formula is C11H12ClN3OS. The van der Waals surface area contributed by atoms with E-state index in [1.165, 1.54) is 0 Å². The molecule has 0 unspecified atom stereocenters. The molecule has 0 aliphatic rings. The zero-order valence-corrected chi connectivity index (χ0v) is 10.7. The largest absolute Gasteiger partial charge is 0.338 e. The van der Waals surface area contributed by atoms with Crippen molar-refractivity contribution in [2.24, 2.45) is 5.73 Å². The first-order chi connectivity index (χ1) is 8.31. The van der Waals surface area contributed by atoms with Crippen molar-refractivity contribution in [3.63, 3.8) is 0 Å². The molecule has 0 atom stereocenters. The quantitative estimate of drug-likeness (QED) is 0.845. The Labute approximate surface area is 109 Å². The highest BCUT2D eigenvalue weighted by molar-refractivity contribution is 7.98. The summed E-state index contributed by atoms with van der Waals surface area (Å²) >= 11 is 7.72. The zero-order chi connectivity index (χ0) is 12.1. The predicted molar refractivity (Wildman–Crippen MR) is 70.0 cm³/mol. The van der Waals surface area contributed by atoms with E-state index in [4.69, 9.17) is 21.9 Å². The fraction of sp³-hybridized carbons (Fsp3) is 0.273. The Morgan fingerprint density at radius 3 is 2.94 bits per heavy atom. The number of nitrogens with two attached hydrogens (primary N) is 1. The van der Waals surface area contributed by atoms with Crippen LogP contribution in [0.25, 0.3) is 11.4 Å². The monoisotopic (exact) mass is 269 g/mol. The number of aromatic nitrogens is 2. The second-order valence-electron chi connectivity index (χ2n) is 3.33. The first-order valence-electron chi connectivity index (χ1n) is 5.16. The van der Waals surface area contributed by atoms with Crippen molar-refractivity contribution in [3.8, 4) is 11.4 Å². The van der Waals surface area contributed by atoms with Crippen LogP contribution in [0, 0.1) is 0 Å². The first kappa shape index (κ1) is 12.4. The second-order valence-corrected chi connectivity index (χ2v) is 4.85. The molecule has 2 aromatic rings. The fourth-order valence-corrected chi connectivity index (χ4v) is 2.13. The van der Waals surface area contributed by atoms with Gasteiger partial charge in [-0.15, -0.1) is 0 Å². The van der Waals surface area contributed by atoms with Crippen LogP contribution in [0.15, 0.2) is 28.8 Å². The number of hydrogen-bond donors (Lipinski definition) is 1. The summed E-state index contributed by atoms with van der Waals surface area (Å²) in [5.41, 5.74) is 6.19. The highest BCUT2D eigenvalue weighted by Gasteiger charge is 2.10. The van der Waals surface area contributed by atoms with Crippen molar-refractivity contribution in [2.45, 2.75) is 5.75 Å². The maximum absolute atomic E-state index is 6.05. The summed E-state index contributed by atoms with van der Waals surface area (Å²) in [4.78, 5) is 4.29. The van der Waals surface area contributed by atoms with Gasteiger partial charge in [-0.1, -0.05) is 28.9 Å². The molecule has 2 rings (SSSR count). The average molecular weight is 270 g/mol. The van der Waals surface area contributed by atoms with Crippen molar-refractivity contribution in [1.29, 1.82) is 0 Å². The molecule has 0 spiro atoms. The van der Waals surface area contributed by atoms with Gasteiger partial charge in [0.1, 0.15) is 0 Å². The summed E-state index contributed by atoms with van der Waals surface area (Å²) in [5, 5.41) is 4.53. The molecule has 1 aromatic carbocycles. The van der Waals surface area contributed by atoms with Crippen LogP contribution in [0.4, 0.5) is 0 Å². The Morgan fingerprint density at radius 2 is 2.18 bits per heavy atom. The Balaban J connectivity index is 2.10. The van der Waals surface area contributed by atoms with Gasteiger partial charge in [-0.25, -0.2) is 0 Å². The lowest BCUT2D eigenvalue weighted by Gasteiger charge is -1.96. The van der Waals surface area contributed by atoms with Crippen LogP contribution in [0.2, 0.25) is 5.02 Å². The van der Waals surface area contributed by atoms with Gasteiger partial charge in [-0.3, -0.25) is 0 Å². The number of halogens is 1. The van der Waals surface area contributed by atoms with E-state index in [2.05, 4.69) is 10.1 Å². The zero-order valence-electron chi connectivity index (χ0n) is 9.10. The van der Waals surface area contributed by atoms with E-state index < -0.39 is 0 Å². The lowest BCUT2D eigenvalue weighted by atomic mass is 10.2. The van der Waals surface area contributed by atoms with E-state index in [1.54, 1.807) is 17.8 Å². The first-order valence-corrected chi connectivity index (χ1v) is 6.70. The van der Waals surface area contributed by atoms with Crippen LogP contribution in [0.5, 0.6) is 0 Å². The third kappa shape index (κ3) is 3.21. The third-order valence-corrected chi connectivity index (χ3v) is 3.38. The van der Waals surface area contributed by atoms with E-state index in [1.807, 2.05) is 18.2 Å². The van der Waals surface area contributed by atoms with Gasteiger partial charge < -0.3 is 10.3 Å². The molecule has 2 N–H and O–H groups in total. The SMILES string of the molecule is NCCSCc1nc(-c2ccccc2Cl)no1. The lowest BCUT2D eigenvalue weighted by molar-refractivity contribution is 0.391. The smallest absolute Gasteiger partial charge is 0.236 e. The minimum absolute atomic E-state index is 0.527. The summed E-state index contributed by atoms with van der Waals surface area (Å²) < 4.78 is 5.14. The number of benzene rings is 1. The van der Waals surface area contributed by atoms with Crippen molar-refractivity contribution < 1.29 is 4.52 Å². The minimum Gasteiger partial charge on any atom is -0.338 e. The highest BCUT2D eigenvalue weighted by atomic mass is 35.5. The van der Waals surface area contributed by atoms with Crippen molar-refractivity contribution in [2.75, 3.05) is 12.3 Å². The molecule has 6 heteroatoms. The number of thioether (sulfide) groups is 1. The van der Waals surface area contributed by atoms with Crippen LogP contribution in [0.1, 0.15) is 5.89 Å². The van der Waals surface area contributed by atoms with Crippen LogP contribution in [-0.2, 0) is 5.75 Å². The fourth-order valence-electron chi connectivity index (χ4n) is 1.31. The molecule has 4 nitrogen and oxygen atoms in total. The topological polar surface area (TPSA) is 64.9 Å². The molecule has 0 saturated carbocycles. The highest BCUT2D eigenvalue weighted by Crippen LogP contribution is 2.25. The minimum atomic E-state index is 0.527. The van der Waals surface area contributed by atoms with Gasteiger partial charge in [0.25, 0.3) is 0 Å². The van der Waals surface area contributed by atoms with Crippen molar-refractivity contribution in [3.05, 3.63) is 35.2 Å². The van der Waals surface area contributed by atoms with Crippen molar-refractivity contribution >= 4 is 23.4 Å². The number of rotatable bonds is 5. The van der Waals surface area contributed by atoms with Crippen LogP contribution < -0.4 is 5.73 Å². The summed E-state index contributed by atoms with van der Waals surface area (Å²) in [6, 6.07) is 7.42. The second kappa shape index (κ2) is 6.05. The number of hydrogen-bond acceptors (Lipinski definition) is 5. The molecule has 1 aromatic heterocycles. The van der Waals surface area contributed by atoms with Gasteiger partial charge in [-0.05, 0) is 12.1 Å². The van der Waals surface area contributed by atoms with Gasteiger partial charge in [0.05, 0.1) is 10.8 Å². The average Bonchev–Trinajstić information content (AvgIpc) is 2.79. The number of nitrogens with zero attached hydrogens (tertiary/aromatic N) is 2. The third-order valence-electron chi connectivity index (χ3n) is 2.07. The Morgan fingerprint density at radius 1 is 1.35 bits per heavy atom. The Bertz CT molecular complexity index is 489. The molecule has 0 amide bonds. The maximum atomic E-state index is 6.05. The van der Waals surface area contributed by atoms with Gasteiger partial charge in [-0.2, -0.15) is 16.7 Å². The van der Waals surface area contributed by atoms with E-state index in [0.717, 1.165) is 11.3 Å². The molecule has 0 aliphatic heterocycles. The van der Waals surface area contributed by atoms with Gasteiger partial charge in [0, 0.05) is 17.9 Å². The summed E-state index contributed by atoms with van der Waals surface area (Å²) in [6.07, 6.45) is 0. The molecule has 0 bridgehead atoms. The van der Waals surface area contributed by atoms with Crippen molar-refractivity contribution in [1.82, 2.24) is 10.1 Å². The predicted octanol–water partition coefficient (Wildman–Crippen LogP) is 2.58. The van der Waals surface area contributed by atoms with E-state index in [0.29, 0.717) is 29.0 Å². The lowest BCUT2D eigenvalue weighted by Crippen LogP contribution is -2.01. The molecule has 0 fully saturated rings. The molecule has 17 heavy (non-hydrogen) atoms.